The van der Waals surface area contributed by atoms with E-state index in [4.69, 9.17) is 4.74 Å². The number of carboxylic acids is 1. The normalized spacial score (nSPS) is 30.7. The fourth-order valence-corrected chi connectivity index (χ4v) is 5.18. The maximum Gasteiger partial charge on any atom is 0.331 e. The molecule has 1 N–H and O–H groups in total. The van der Waals surface area contributed by atoms with Gasteiger partial charge in [-0.3, -0.25) is 0 Å². The summed E-state index contributed by atoms with van der Waals surface area (Å²) in [6, 6.07) is 0. The smallest absolute Gasteiger partial charge is 0.331 e. The molecule has 0 aromatic rings. The SMILES string of the molecule is CN(C)C1=CC2=C(CC1)C(C1CC=CC=C1C(=O)O)C1C=CC(=[N+](C)C)CC1O2. The van der Waals surface area contributed by atoms with Gasteiger partial charge in [-0.05, 0) is 30.9 Å². The van der Waals surface area contributed by atoms with E-state index in [9.17, 15) is 9.90 Å². The van der Waals surface area contributed by atoms with Crippen molar-refractivity contribution in [2.75, 3.05) is 28.2 Å². The van der Waals surface area contributed by atoms with Gasteiger partial charge in [-0.1, -0.05) is 24.3 Å². The lowest BCUT2D eigenvalue weighted by Crippen LogP contribution is -2.44. The first-order valence-electron chi connectivity index (χ1n) is 10.5. The van der Waals surface area contributed by atoms with Crippen molar-refractivity contribution in [3.8, 4) is 0 Å². The van der Waals surface area contributed by atoms with E-state index in [2.05, 4.69) is 62.0 Å². The zero-order chi connectivity index (χ0) is 20.7. The van der Waals surface area contributed by atoms with Crippen molar-refractivity contribution in [2.24, 2.45) is 17.8 Å². The Morgan fingerprint density at radius 1 is 1.28 bits per heavy atom. The number of carbonyl (C=O) groups is 1. The van der Waals surface area contributed by atoms with Crippen LogP contribution in [0.5, 0.6) is 0 Å². The highest BCUT2D eigenvalue weighted by atomic mass is 16.5. The number of allylic oxidation sites excluding steroid dienone is 7. The van der Waals surface area contributed by atoms with Crippen molar-refractivity contribution in [2.45, 2.75) is 31.8 Å². The third kappa shape index (κ3) is 3.59. The number of aliphatic carboxylic acids is 1. The number of fused-ring (bicyclic) bond motifs is 1. The van der Waals surface area contributed by atoms with Crippen LogP contribution in [0.15, 0.2) is 59.1 Å². The van der Waals surface area contributed by atoms with Crippen LogP contribution in [0.25, 0.3) is 0 Å². The molecule has 0 bridgehead atoms. The van der Waals surface area contributed by atoms with Crippen LogP contribution in [0.3, 0.4) is 0 Å². The van der Waals surface area contributed by atoms with Crippen molar-refractivity contribution in [1.29, 1.82) is 0 Å². The van der Waals surface area contributed by atoms with Gasteiger partial charge in [0.2, 0.25) is 0 Å². The molecule has 0 aromatic carbocycles. The summed E-state index contributed by atoms with van der Waals surface area (Å²) in [4.78, 5) is 14.2. The van der Waals surface area contributed by atoms with Gasteiger partial charge in [0.15, 0.2) is 5.71 Å². The van der Waals surface area contributed by atoms with Crippen molar-refractivity contribution >= 4 is 11.7 Å². The third-order valence-corrected chi connectivity index (χ3v) is 6.74. The van der Waals surface area contributed by atoms with Crippen LogP contribution in [-0.2, 0) is 9.53 Å². The number of hydrogen-bond donors (Lipinski definition) is 1. The Kier molecular flexibility index (Phi) is 5.24. The maximum absolute atomic E-state index is 12.0. The second-order valence-corrected chi connectivity index (χ2v) is 8.83. The van der Waals surface area contributed by atoms with Crippen molar-refractivity contribution in [3.05, 3.63) is 59.1 Å². The van der Waals surface area contributed by atoms with Gasteiger partial charge in [0.05, 0.1) is 6.42 Å². The molecule has 5 heteroatoms. The van der Waals surface area contributed by atoms with Crippen molar-refractivity contribution in [1.82, 2.24) is 4.90 Å². The summed E-state index contributed by atoms with van der Waals surface area (Å²) in [7, 11) is 8.26. The van der Waals surface area contributed by atoms with Crippen LogP contribution >= 0.6 is 0 Å². The van der Waals surface area contributed by atoms with E-state index in [1.807, 2.05) is 6.08 Å². The van der Waals surface area contributed by atoms with Crippen LogP contribution in [-0.4, -0.2) is 60.6 Å². The number of nitrogens with zero attached hydrogens (tertiary/aromatic N) is 2. The summed E-state index contributed by atoms with van der Waals surface area (Å²) in [5.41, 5.74) is 4.34. The summed E-state index contributed by atoms with van der Waals surface area (Å²) in [5, 5.41) is 9.86. The first-order valence-corrected chi connectivity index (χ1v) is 10.5. The molecule has 0 spiro atoms. The van der Waals surface area contributed by atoms with Gasteiger partial charge in [0, 0.05) is 49.2 Å². The van der Waals surface area contributed by atoms with Crippen LogP contribution in [0, 0.1) is 17.8 Å². The number of rotatable bonds is 3. The van der Waals surface area contributed by atoms with Crippen LogP contribution in [0.1, 0.15) is 25.7 Å². The number of carboxylic acid groups (broad SMARTS) is 1. The molecule has 29 heavy (non-hydrogen) atoms. The molecule has 3 aliphatic carbocycles. The lowest BCUT2D eigenvalue weighted by atomic mass is 9.64. The fourth-order valence-electron chi connectivity index (χ4n) is 5.18. The molecule has 1 aliphatic heterocycles. The second-order valence-electron chi connectivity index (χ2n) is 8.83. The van der Waals surface area contributed by atoms with Gasteiger partial charge < -0.3 is 14.7 Å². The lowest BCUT2D eigenvalue weighted by Gasteiger charge is -2.45. The average molecular weight is 396 g/mol. The summed E-state index contributed by atoms with van der Waals surface area (Å²) in [5.74, 6) is 0.518. The summed E-state index contributed by atoms with van der Waals surface area (Å²) in [6.07, 6.45) is 16.0. The van der Waals surface area contributed by atoms with E-state index < -0.39 is 5.97 Å². The highest BCUT2D eigenvalue weighted by molar-refractivity contribution is 5.92. The Morgan fingerprint density at radius 2 is 2.07 bits per heavy atom. The predicted octanol–water partition coefficient (Wildman–Crippen LogP) is 3.37. The van der Waals surface area contributed by atoms with Gasteiger partial charge in [-0.25, -0.2) is 9.37 Å². The minimum atomic E-state index is -0.801. The molecule has 0 amide bonds. The topological polar surface area (TPSA) is 52.8 Å². The second kappa shape index (κ2) is 7.69. The average Bonchev–Trinajstić information content (AvgIpc) is 2.70. The summed E-state index contributed by atoms with van der Waals surface area (Å²) in [6.45, 7) is 0. The van der Waals surface area contributed by atoms with Gasteiger partial charge in [-0.15, -0.1) is 0 Å². The van der Waals surface area contributed by atoms with Gasteiger partial charge in [0.1, 0.15) is 26.0 Å². The molecular weight excluding hydrogens is 364 g/mol. The summed E-state index contributed by atoms with van der Waals surface area (Å²) < 4.78 is 8.71. The fraction of sp³-hybridized carbons (Fsp3) is 0.500. The zero-order valence-corrected chi connectivity index (χ0v) is 17.8. The van der Waals surface area contributed by atoms with Crippen LogP contribution in [0.2, 0.25) is 0 Å². The predicted molar refractivity (Wildman–Crippen MR) is 114 cm³/mol. The van der Waals surface area contributed by atoms with E-state index in [1.54, 1.807) is 6.08 Å². The molecule has 0 fully saturated rings. The quantitative estimate of drug-likeness (QED) is 0.745. The Hall–Kier alpha value is -2.56. The first kappa shape index (κ1) is 19.7. The molecule has 154 valence electrons. The first-order chi connectivity index (χ1) is 13.9. The Bertz CT molecular complexity index is 897. The number of ether oxygens (including phenoxy) is 1. The monoisotopic (exact) mass is 395 g/mol. The molecule has 5 nitrogen and oxygen atoms in total. The van der Waals surface area contributed by atoms with E-state index in [0.29, 0.717) is 5.57 Å². The third-order valence-electron chi connectivity index (χ3n) is 6.74. The van der Waals surface area contributed by atoms with Gasteiger partial charge in [0.25, 0.3) is 0 Å². The summed E-state index contributed by atoms with van der Waals surface area (Å²) >= 11 is 0. The Morgan fingerprint density at radius 3 is 2.76 bits per heavy atom. The molecule has 0 aromatic heterocycles. The molecule has 4 unspecified atom stereocenters. The Labute approximate surface area is 173 Å². The standard InChI is InChI=1S/C24H30N2O3/c1-25(2)15-9-11-19-21(13-15)29-22-14-16(26(3)4)10-12-20(22)23(19)17-7-5-6-8-18(17)24(27)28/h5-6,8-9,11,14,17,19,21,23H,7,10,12-13H2,1-4H3/p+1. The largest absolute Gasteiger partial charge is 0.489 e. The van der Waals surface area contributed by atoms with E-state index in [-0.39, 0.29) is 23.9 Å². The number of hydrogen-bond acceptors (Lipinski definition) is 3. The highest BCUT2D eigenvalue weighted by Gasteiger charge is 2.46. The van der Waals surface area contributed by atoms with Crippen molar-refractivity contribution in [3.63, 3.8) is 0 Å². The van der Waals surface area contributed by atoms with E-state index in [1.165, 1.54) is 17.0 Å². The minimum Gasteiger partial charge on any atom is -0.489 e. The molecule has 1 heterocycles. The minimum absolute atomic E-state index is 0.0150. The lowest BCUT2D eigenvalue weighted by molar-refractivity contribution is -0.465. The molecule has 0 saturated carbocycles. The van der Waals surface area contributed by atoms with Crippen LogP contribution in [0.4, 0.5) is 0 Å². The molecule has 0 radical (unpaired) electrons. The zero-order valence-electron chi connectivity index (χ0n) is 17.8. The maximum atomic E-state index is 12.0. The van der Waals surface area contributed by atoms with Gasteiger partial charge in [-0.2, -0.15) is 0 Å². The molecule has 4 atom stereocenters. The van der Waals surface area contributed by atoms with E-state index >= 15 is 0 Å². The Balaban J connectivity index is 1.81. The van der Waals surface area contributed by atoms with E-state index in [0.717, 1.165) is 31.4 Å². The highest BCUT2D eigenvalue weighted by Crippen LogP contribution is 2.49. The van der Waals surface area contributed by atoms with Gasteiger partial charge >= 0.3 is 5.97 Å². The molecular formula is C24H31N2O3+. The van der Waals surface area contributed by atoms with Crippen LogP contribution < -0.4 is 0 Å². The molecule has 0 saturated heterocycles. The van der Waals surface area contributed by atoms with Crippen molar-refractivity contribution < 1.29 is 19.2 Å². The molecule has 4 rings (SSSR count). The molecule has 4 aliphatic rings.